The topological polar surface area (TPSA) is 46.3 Å². The van der Waals surface area contributed by atoms with E-state index in [2.05, 4.69) is 31.2 Å². The number of hydrogen-bond donors (Lipinski definition) is 1. The lowest BCUT2D eigenvalue weighted by molar-refractivity contribution is -0.135. The predicted octanol–water partition coefficient (Wildman–Crippen LogP) is 2.08. The van der Waals surface area contributed by atoms with Gasteiger partial charge in [0, 0.05) is 25.0 Å². The third-order valence-corrected chi connectivity index (χ3v) is 3.52. The monoisotopic (exact) mass is 246 g/mol. The molecule has 1 aliphatic carbocycles. The molecular formula is C15H22N2O. The zero-order valence-electron chi connectivity index (χ0n) is 11.2. The van der Waals surface area contributed by atoms with E-state index < -0.39 is 0 Å². The van der Waals surface area contributed by atoms with Crippen LogP contribution in [0.5, 0.6) is 0 Å². The molecule has 1 amide bonds. The molecule has 0 spiro atoms. The molecule has 1 saturated carbocycles. The molecule has 0 heterocycles. The van der Waals surface area contributed by atoms with E-state index in [9.17, 15) is 4.79 Å². The second-order valence-corrected chi connectivity index (χ2v) is 5.32. The molecule has 2 N–H and O–H groups in total. The summed E-state index contributed by atoms with van der Waals surface area (Å²) in [6, 6.07) is 8.83. The largest absolute Gasteiger partial charge is 0.335 e. The van der Waals surface area contributed by atoms with Gasteiger partial charge in [-0.25, -0.2) is 0 Å². The van der Waals surface area contributed by atoms with Gasteiger partial charge in [-0.2, -0.15) is 0 Å². The fourth-order valence-corrected chi connectivity index (χ4v) is 2.05. The number of rotatable bonds is 5. The van der Waals surface area contributed by atoms with Gasteiger partial charge in [-0.1, -0.05) is 36.8 Å². The van der Waals surface area contributed by atoms with Crippen molar-refractivity contribution >= 4 is 5.91 Å². The number of benzene rings is 1. The average Bonchev–Trinajstić information content (AvgIpc) is 3.20. The highest BCUT2D eigenvalue weighted by molar-refractivity contribution is 5.79. The van der Waals surface area contributed by atoms with Crippen LogP contribution in [0.1, 0.15) is 30.9 Å². The highest BCUT2D eigenvalue weighted by Crippen LogP contribution is 2.29. The first-order valence-electron chi connectivity index (χ1n) is 6.68. The number of aryl methyl sites for hydroxylation is 1. The lowest BCUT2D eigenvalue weighted by atomic mass is 10.1. The van der Waals surface area contributed by atoms with Crippen molar-refractivity contribution in [1.82, 2.24) is 4.90 Å². The third-order valence-electron chi connectivity index (χ3n) is 3.52. The van der Waals surface area contributed by atoms with Gasteiger partial charge in [0.05, 0.1) is 0 Å². The minimum absolute atomic E-state index is 0.0731. The minimum atomic E-state index is -0.0731. The summed E-state index contributed by atoms with van der Waals surface area (Å²) >= 11 is 0. The van der Waals surface area contributed by atoms with E-state index in [1.54, 1.807) is 0 Å². The van der Waals surface area contributed by atoms with Gasteiger partial charge in [0.15, 0.2) is 0 Å². The van der Waals surface area contributed by atoms with Crippen LogP contribution in [0, 0.1) is 12.8 Å². The molecule has 3 heteroatoms. The van der Waals surface area contributed by atoms with Crippen molar-refractivity contribution in [2.24, 2.45) is 11.7 Å². The van der Waals surface area contributed by atoms with E-state index in [-0.39, 0.29) is 11.8 Å². The van der Waals surface area contributed by atoms with Gasteiger partial charge in [0.25, 0.3) is 0 Å². The lowest BCUT2D eigenvalue weighted by Gasteiger charge is -2.25. The quantitative estimate of drug-likeness (QED) is 0.864. The molecule has 1 aromatic rings. The van der Waals surface area contributed by atoms with Crippen LogP contribution < -0.4 is 5.73 Å². The van der Waals surface area contributed by atoms with Crippen molar-refractivity contribution in [2.45, 2.75) is 39.3 Å². The van der Waals surface area contributed by atoms with E-state index in [0.717, 1.165) is 12.8 Å². The Morgan fingerprint density at radius 3 is 2.50 bits per heavy atom. The van der Waals surface area contributed by atoms with Crippen molar-refractivity contribution in [3.05, 3.63) is 35.4 Å². The zero-order valence-corrected chi connectivity index (χ0v) is 11.2. The molecule has 0 bridgehead atoms. The SMILES string of the molecule is Cc1ccc(CN(C(=O)C(C)CN)C2CC2)cc1. The molecule has 0 aromatic heterocycles. The van der Waals surface area contributed by atoms with Crippen LogP contribution in [0.2, 0.25) is 0 Å². The number of carbonyl (C=O) groups excluding carboxylic acids is 1. The number of nitrogens with two attached hydrogens (primary N) is 1. The number of nitrogens with zero attached hydrogens (tertiary/aromatic N) is 1. The van der Waals surface area contributed by atoms with E-state index in [1.165, 1.54) is 11.1 Å². The first-order valence-corrected chi connectivity index (χ1v) is 6.68. The molecule has 0 radical (unpaired) electrons. The highest BCUT2D eigenvalue weighted by atomic mass is 16.2. The predicted molar refractivity (Wildman–Crippen MR) is 73.0 cm³/mol. The van der Waals surface area contributed by atoms with Gasteiger partial charge >= 0.3 is 0 Å². The van der Waals surface area contributed by atoms with Crippen LogP contribution >= 0.6 is 0 Å². The first-order chi connectivity index (χ1) is 8.61. The molecule has 0 saturated heterocycles. The lowest BCUT2D eigenvalue weighted by Crippen LogP contribution is -2.38. The van der Waals surface area contributed by atoms with Gasteiger partial charge in [-0.05, 0) is 25.3 Å². The van der Waals surface area contributed by atoms with Gasteiger partial charge in [-0.15, -0.1) is 0 Å². The van der Waals surface area contributed by atoms with Crippen LogP contribution in [0.25, 0.3) is 0 Å². The van der Waals surface area contributed by atoms with Gasteiger partial charge in [0.2, 0.25) is 5.91 Å². The van der Waals surface area contributed by atoms with Gasteiger partial charge in [-0.3, -0.25) is 4.79 Å². The molecule has 2 rings (SSSR count). The Balaban J connectivity index is 2.06. The Hall–Kier alpha value is -1.35. The Morgan fingerprint density at radius 1 is 1.39 bits per heavy atom. The summed E-state index contributed by atoms with van der Waals surface area (Å²) in [6.45, 7) is 5.13. The molecule has 1 aromatic carbocycles. The van der Waals surface area contributed by atoms with Crippen LogP contribution in [0.15, 0.2) is 24.3 Å². The van der Waals surface area contributed by atoms with Gasteiger partial charge < -0.3 is 10.6 Å². The van der Waals surface area contributed by atoms with Crippen LogP contribution in [0.4, 0.5) is 0 Å². The van der Waals surface area contributed by atoms with Crippen molar-refractivity contribution in [3.8, 4) is 0 Å². The number of carbonyl (C=O) groups is 1. The second kappa shape index (κ2) is 5.53. The molecular weight excluding hydrogens is 224 g/mol. The maximum Gasteiger partial charge on any atom is 0.227 e. The standard InChI is InChI=1S/C15H22N2O/c1-11-3-5-13(6-4-11)10-17(14-7-8-14)15(18)12(2)9-16/h3-6,12,14H,7-10,16H2,1-2H3. The van der Waals surface area contributed by atoms with E-state index in [0.29, 0.717) is 19.1 Å². The Labute approximate surface area is 109 Å². The van der Waals surface area contributed by atoms with Crippen molar-refractivity contribution in [3.63, 3.8) is 0 Å². The molecule has 1 fully saturated rings. The summed E-state index contributed by atoms with van der Waals surface area (Å²) < 4.78 is 0. The summed E-state index contributed by atoms with van der Waals surface area (Å²) in [5.74, 6) is 0.122. The molecule has 3 nitrogen and oxygen atoms in total. The molecule has 1 unspecified atom stereocenters. The molecule has 18 heavy (non-hydrogen) atoms. The van der Waals surface area contributed by atoms with Crippen LogP contribution in [-0.2, 0) is 11.3 Å². The van der Waals surface area contributed by atoms with Crippen LogP contribution in [0.3, 0.4) is 0 Å². The highest BCUT2D eigenvalue weighted by Gasteiger charge is 2.34. The minimum Gasteiger partial charge on any atom is -0.335 e. The van der Waals surface area contributed by atoms with Crippen LogP contribution in [-0.4, -0.2) is 23.4 Å². The normalized spacial score (nSPS) is 16.4. The summed E-state index contributed by atoms with van der Waals surface area (Å²) in [5, 5.41) is 0. The third kappa shape index (κ3) is 3.10. The Bertz CT molecular complexity index is 409. The van der Waals surface area contributed by atoms with E-state index >= 15 is 0 Å². The van der Waals surface area contributed by atoms with Gasteiger partial charge in [0.1, 0.15) is 0 Å². The Morgan fingerprint density at radius 2 is 2.00 bits per heavy atom. The fraction of sp³-hybridized carbons (Fsp3) is 0.533. The molecule has 1 atom stereocenters. The van der Waals surface area contributed by atoms with Crippen molar-refractivity contribution in [1.29, 1.82) is 0 Å². The Kier molecular flexibility index (Phi) is 4.02. The summed E-state index contributed by atoms with van der Waals surface area (Å²) in [5.41, 5.74) is 8.04. The summed E-state index contributed by atoms with van der Waals surface area (Å²) in [4.78, 5) is 14.3. The summed E-state index contributed by atoms with van der Waals surface area (Å²) in [6.07, 6.45) is 2.27. The van der Waals surface area contributed by atoms with E-state index in [4.69, 9.17) is 5.73 Å². The fourth-order valence-electron chi connectivity index (χ4n) is 2.05. The van der Waals surface area contributed by atoms with E-state index in [1.807, 2.05) is 11.8 Å². The maximum atomic E-state index is 12.3. The second-order valence-electron chi connectivity index (χ2n) is 5.32. The summed E-state index contributed by atoms with van der Waals surface area (Å²) in [7, 11) is 0. The first kappa shape index (κ1) is 13.1. The molecule has 1 aliphatic rings. The molecule has 98 valence electrons. The maximum absolute atomic E-state index is 12.3. The number of hydrogen-bond acceptors (Lipinski definition) is 2. The smallest absolute Gasteiger partial charge is 0.227 e. The average molecular weight is 246 g/mol. The van der Waals surface area contributed by atoms with Crippen molar-refractivity contribution < 1.29 is 4.79 Å². The number of amides is 1. The zero-order chi connectivity index (χ0) is 13.1. The molecule has 0 aliphatic heterocycles. The van der Waals surface area contributed by atoms with Crippen molar-refractivity contribution in [2.75, 3.05) is 6.54 Å².